The molecular weight excluding hydrogens is 1370 g/mol. The summed E-state index contributed by atoms with van der Waals surface area (Å²) in [5.41, 5.74) is 0. The van der Waals surface area contributed by atoms with Gasteiger partial charge in [-0.15, -0.1) is 4.67 Å². The Balaban J connectivity index is 1.14. The number of rotatable bonds is 47. The van der Waals surface area contributed by atoms with Gasteiger partial charge in [0.25, 0.3) is 0 Å². The summed E-state index contributed by atoms with van der Waals surface area (Å²) in [4.78, 5) is 115. The van der Waals surface area contributed by atoms with Gasteiger partial charge < -0.3 is 101 Å². The van der Waals surface area contributed by atoms with Gasteiger partial charge in [-0.1, -0.05) is 25.1 Å². The van der Waals surface area contributed by atoms with E-state index in [1.54, 1.807) is 0 Å². The molecule has 0 bridgehead atoms. The average Bonchev–Trinajstić information content (AvgIpc) is 1.60. The molecule has 35 nitrogen and oxygen atoms in total. The Morgan fingerprint density at radius 3 is 1.56 bits per heavy atom. The van der Waals surface area contributed by atoms with E-state index < -0.39 is 156 Å². The molecule has 4 rings (SSSR count). The highest BCUT2D eigenvalue weighted by atomic mass is 32.7. The van der Waals surface area contributed by atoms with Crippen LogP contribution in [0.15, 0.2) is 0 Å². The number of unbranched alkanes of at least 4 members (excludes halogenated alkanes) is 7. The van der Waals surface area contributed by atoms with Gasteiger partial charge in [0.05, 0.1) is 50.7 Å². The number of amides is 8. The smallest absolute Gasteiger partial charge is 0.394 e. The van der Waals surface area contributed by atoms with Gasteiger partial charge in [-0.3, -0.25) is 51.9 Å². The first kappa shape index (κ1) is 85.7. The van der Waals surface area contributed by atoms with Crippen molar-refractivity contribution in [1.29, 1.82) is 0 Å². The van der Waals surface area contributed by atoms with E-state index in [0.29, 0.717) is 95.8 Å². The molecule has 17 atom stereocenters. The maximum atomic E-state index is 13.5. The van der Waals surface area contributed by atoms with Crippen LogP contribution >= 0.6 is 39.5 Å². The zero-order valence-corrected chi connectivity index (χ0v) is 58.6. The van der Waals surface area contributed by atoms with Crippen LogP contribution in [-0.4, -0.2) is 273 Å². The third kappa shape index (κ3) is 31.6. The van der Waals surface area contributed by atoms with Crippen LogP contribution in [0, 0.1) is 0 Å². The van der Waals surface area contributed by atoms with Crippen molar-refractivity contribution in [3.05, 3.63) is 0 Å². The van der Waals surface area contributed by atoms with Crippen LogP contribution in [0.2, 0.25) is 0 Å². The summed E-state index contributed by atoms with van der Waals surface area (Å²) in [5, 5.41) is 96.3. The monoisotopic (exact) mass is 1470 g/mol. The molecular formula is C58H104N8O27P2S2. The average molecular weight is 1470 g/mol. The Morgan fingerprint density at radius 2 is 1.04 bits per heavy atom. The molecule has 0 spiro atoms. The van der Waals surface area contributed by atoms with Gasteiger partial charge >= 0.3 is 14.6 Å². The number of phosphoric acid groups is 1. The van der Waals surface area contributed by atoms with Gasteiger partial charge in [-0.2, -0.15) is 12.6 Å². The van der Waals surface area contributed by atoms with E-state index in [9.17, 15) is 88.1 Å². The molecule has 8 amide bonds. The van der Waals surface area contributed by atoms with Crippen molar-refractivity contribution in [3.8, 4) is 0 Å². The highest BCUT2D eigenvalue weighted by Crippen LogP contribution is 2.53. The zero-order chi connectivity index (χ0) is 71.7. The second-order valence-corrected chi connectivity index (χ2v) is 29.1. The summed E-state index contributed by atoms with van der Waals surface area (Å²) >= 11 is 7.74. The molecule has 0 aromatic heterocycles. The molecule has 4 fully saturated rings. The molecule has 0 saturated carbocycles. The van der Waals surface area contributed by atoms with Crippen LogP contribution in [0.4, 0.5) is 0 Å². The second kappa shape index (κ2) is 45.3. The lowest BCUT2D eigenvalue weighted by Crippen LogP contribution is -2.64. The van der Waals surface area contributed by atoms with Gasteiger partial charge in [0.15, 0.2) is 12.6 Å². The van der Waals surface area contributed by atoms with E-state index >= 15 is 0 Å². The summed E-state index contributed by atoms with van der Waals surface area (Å²) in [7, 11) is -4.78. The number of likely N-dealkylation sites (tertiary alicyclic amines) is 2. The molecule has 4 aliphatic rings. The van der Waals surface area contributed by atoms with Crippen LogP contribution in [0.5, 0.6) is 0 Å². The van der Waals surface area contributed by atoms with Gasteiger partial charge in [-0.05, 0) is 95.6 Å². The molecule has 6 unspecified atom stereocenters. The normalized spacial score (nSPS) is 27.3. The van der Waals surface area contributed by atoms with Gasteiger partial charge in [0.2, 0.25) is 47.3 Å². The molecule has 39 heteroatoms. The van der Waals surface area contributed by atoms with Crippen molar-refractivity contribution < 1.29 is 131 Å². The minimum atomic E-state index is -4.78. The minimum absolute atomic E-state index is 0.00287. The lowest BCUT2D eigenvalue weighted by atomic mass is 9.97. The molecule has 4 aliphatic heterocycles. The number of β-amino-alcohol motifs (C(OH)–C–C–N with tert-alkyl or cyclic N) is 1. The van der Waals surface area contributed by atoms with E-state index in [0.717, 1.165) is 0 Å². The fraction of sp³-hybridized carbons (Fsp3) is 0.862. The number of carbonyl (C=O) groups excluding carboxylic acids is 8. The van der Waals surface area contributed by atoms with E-state index in [-0.39, 0.29) is 114 Å². The lowest BCUT2D eigenvalue weighted by molar-refractivity contribution is -0.270. The molecule has 0 aromatic rings. The maximum Gasteiger partial charge on any atom is 0.472 e. The summed E-state index contributed by atoms with van der Waals surface area (Å²) < 4.78 is 67.2. The molecule has 0 aliphatic carbocycles. The summed E-state index contributed by atoms with van der Waals surface area (Å²) in [6.45, 7) is -2.92. The number of hydrogen-bond donors (Lipinski definition) is 17. The third-order valence-corrected chi connectivity index (χ3v) is 19.1. The number of thiol groups is 2. The predicted molar refractivity (Wildman–Crippen MR) is 348 cm³/mol. The molecule has 560 valence electrons. The van der Waals surface area contributed by atoms with E-state index in [1.165, 1.54) is 23.6 Å². The zero-order valence-electron chi connectivity index (χ0n) is 55.1. The van der Waals surface area contributed by atoms with Crippen molar-refractivity contribution in [2.24, 2.45) is 0 Å². The number of carbonyl (C=O) groups is 8. The van der Waals surface area contributed by atoms with E-state index in [4.69, 9.17) is 37.8 Å². The topological polar surface area (TPSA) is 505 Å². The van der Waals surface area contributed by atoms with Crippen molar-refractivity contribution in [1.82, 2.24) is 41.7 Å². The highest BCUT2D eigenvalue weighted by Gasteiger charge is 2.47. The first-order valence-corrected chi connectivity index (χ1v) is 37.9. The Hall–Kier alpha value is -3.76. The van der Waals surface area contributed by atoms with Crippen LogP contribution < -0.4 is 31.9 Å². The van der Waals surface area contributed by atoms with Gasteiger partial charge in [0, 0.05) is 91.9 Å². The molecule has 15 N–H and O–H groups in total. The van der Waals surface area contributed by atoms with Gasteiger partial charge in [-0.25, -0.2) is 14.4 Å². The Labute approximate surface area is 575 Å². The van der Waals surface area contributed by atoms with Crippen molar-refractivity contribution in [2.75, 3.05) is 78.1 Å². The summed E-state index contributed by atoms with van der Waals surface area (Å²) in [5.74, 6) is -2.51. The number of hydrogen-bond acceptors (Lipinski definition) is 27. The van der Waals surface area contributed by atoms with Gasteiger partial charge in [0.1, 0.15) is 54.7 Å². The van der Waals surface area contributed by atoms with E-state index in [1.807, 2.05) is 0 Å². The molecule has 4 saturated heterocycles. The number of aliphatic hydroxyl groups is 7. The first-order valence-electron chi connectivity index (χ1n) is 33.1. The second-order valence-electron chi connectivity index (χ2n) is 24.4. The number of ether oxygens (including phenoxy) is 4. The van der Waals surface area contributed by atoms with Crippen molar-refractivity contribution >= 4 is 86.8 Å². The van der Waals surface area contributed by atoms with Crippen molar-refractivity contribution in [2.45, 2.75) is 240 Å². The summed E-state index contributed by atoms with van der Waals surface area (Å²) in [6, 6.07) is -4.68. The lowest BCUT2D eigenvalue weighted by Gasteiger charge is -2.42. The predicted octanol–water partition coefficient (Wildman–Crippen LogP) is -1.31. The third-order valence-electron chi connectivity index (χ3n) is 16.5. The Bertz CT molecular complexity index is 2550. The highest BCUT2D eigenvalue weighted by molar-refractivity contribution is 8.44. The largest absolute Gasteiger partial charge is 0.472 e. The summed E-state index contributed by atoms with van der Waals surface area (Å²) in [6.07, 6.45) is -5.64. The quantitative estimate of drug-likeness (QED) is 0.0111. The first-order chi connectivity index (χ1) is 46.1. The molecule has 0 radical (unpaired) electrons. The SMILES string of the molecule is CC(=O)N[C@@H]1C(OCCCCC(=O)NCCCC[C@H](NC(=O)CCCCOC2OC(CO)[C@H](O)[C@H](O)[C@@H]2NC(C)=O)C(=O)NCCCCCC(=O)NCCCCCC(=O)N2C[C@H](O)C[C@H]2COP(=O)(O)O[C@@H]2C[C@@H](COP(=O)(S)OO)N(C(=O)CCCS)C2)OC(CO)[C@H](O)[C@@H]1O. The maximum absolute atomic E-state index is 13.5. The minimum Gasteiger partial charge on any atom is -0.394 e. The molecule has 97 heavy (non-hydrogen) atoms. The standard InChI is InChI=1S/C58H104N8O27P2S2/c1-36(69)62-50-54(79)52(77)43(32-67)90-57(50)86-25-13-8-18-46(73)60-23-12-7-16-42(64-47(74)19-9-14-26-87-58-51(63-37(2)70)55(80)53(78)44(33-68)91-58)56(81)61-24-11-3-5-17-45(72)59-22-10-4-6-20-48(75)65-30-40(71)28-38(65)34-88-94(83,84)92-41-29-39(35-89-95(85,97)93-82)66(31-41)49(76)21-15-27-96/h38-44,50-55,57-58,67-68,71,77-80,82,96H,3-35H2,1-2H3,(H,59,72)(H,60,73)(H,61,81)(H,62,69)(H,63,70)(H,64,74)(H,83,84)(H,85,97)/t38-,39-,40+,41+,42-,43?,44?,50-,51-,52-,53-,54+,55+,57?,58?,95?/m0/s1. The Kier molecular flexibility index (Phi) is 40.0. The van der Waals surface area contributed by atoms with Crippen molar-refractivity contribution in [3.63, 3.8) is 0 Å². The Morgan fingerprint density at radius 1 is 0.577 bits per heavy atom. The fourth-order valence-electron chi connectivity index (χ4n) is 11.4. The number of nitrogens with zero attached hydrogens (tertiary/aromatic N) is 2. The van der Waals surface area contributed by atoms with Crippen LogP contribution in [0.1, 0.15) is 149 Å². The number of nitrogens with one attached hydrogen (secondary N) is 6. The van der Waals surface area contributed by atoms with E-state index in [2.05, 4.69) is 61.5 Å². The van der Waals surface area contributed by atoms with Crippen LogP contribution in [0.3, 0.4) is 0 Å². The fourth-order valence-corrected chi connectivity index (χ4v) is 13.1. The molecule has 0 aromatic carbocycles. The van der Waals surface area contributed by atoms with Crippen LogP contribution in [-0.2, 0) is 84.7 Å². The molecule has 4 heterocycles. The van der Waals surface area contributed by atoms with Crippen LogP contribution in [0.25, 0.3) is 0 Å². The number of aliphatic hydroxyl groups excluding tert-OH is 7. The number of phosphoric ester groups is 1.